The number of piperidine rings is 1. The smallest absolute Gasteiger partial charge is 0.220 e. The first kappa shape index (κ1) is 10.5. The minimum absolute atomic E-state index is 0.127. The Hall–Kier alpha value is -1.03. The minimum atomic E-state index is 0.127. The second-order valence-corrected chi connectivity index (χ2v) is 4.31. The molecule has 15 heavy (non-hydrogen) atoms. The first-order valence-electron chi connectivity index (χ1n) is 4.95. The molecule has 1 atom stereocenters. The van der Waals surface area contributed by atoms with Gasteiger partial charge in [0, 0.05) is 23.8 Å². The zero-order valence-corrected chi connectivity index (χ0v) is 9.02. The molecule has 1 amide bonds. The molecule has 0 bridgehead atoms. The molecule has 4 heteroatoms. The van der Waals surface area contributed by atoms with Gasteiger partial charge in [-0.15, -0.1) is 0 Å². The van der Waals surface area contributed by atoms with E-state index >= 15 is 0 Å². The van der Waals surface area contributed by atoms with Crippen molar-refractivity contribution in [3.05, 3.63) is 29.8 Å². The van der Waals surface area contributed by atoms with Crippen LogP contribution in [0.1, 0.15) is 24.3 Å². The van der Waals surface area contributed by atoms with E-state index < -0.39 is 0 Å². The maximum absolute atomic E-state index is 12.2. The monoisotopic (exact) mass is 225 g/mol. The van der Waals surface area contributed by atoms with E-state index in [2.05, 4.69) is 5.32 Å². The van der Waals surface area contributed by atoms with Gasteiger partial charge in [-0.25, -0.2) is 0 Å². The molecule has 1 fully saturated rings. The van der Waals surface area contributed by atoms with E-state index in [0.717, 1.165) is 6.42 Å². The average molecular weight is 225 g/mol. The Kier molecular flexibility index (Phi) is 3.26. The lowest BCUT2D eigenvalue weighted by atomic mass is 9.91. The summed E-state index contributed by atoms with van der Waals surface area (Å²) in [4.78, 5) is 11.6. The van der Waals surface area contributed by atoms with Gasteiger partial charge in [0.05, 0.1) is 12.1 Å². The SMILES string of the molecule is O=C1CC[C@@H](c2ccc(SF)cc2)CN1. The predicted molar refractivity (Wildman–Crippen MR) is 58.4 cm³/mol. The predicted octanol–water partition coefficient (Wildman–Crippen LogP) is 2.66. The van der Waals surface area contributed by atoms with Crippen LogP contribution in [0, 0.1) is 0 Å². The van der Waals surface area contributed by atoms with Crippen LogP contribution < -0.4 is 5.32 Å². The largest absolute Gasteiger partial charge is 0.355 e. The van der Waals surface area contributed by atoms with Crippen LogP contribution in [-0.2, 0) is 4.79 Å². The van der Waals surface area contributed by atoms with Crippen molar-refractivity contribution in [2.75, 3.05) is 6.54 Å². The number of halogens is 1. The number of carbonyl (C=O) groups excluding carboxylic acids is 1. The molecule has 0 spiro atoms. The number of hydrogen-bond donors (Lipinski definition) is 1. The molecule has 1 saturated heterocycles. The molecule has 0 aromatic heterocycles. The standard InChI is InChI=1S/C11H12FNOS/c12-15-10-4-1-8(2-5-10)9-3-6-11(14)13-7-9/h1-2,4-5,9H,3,6-7H2,(H,13,14)/t9-/m1/s1. The van der Waals surface area contributed by atoms with Crippen LogP contribution in [0.25, 0.3) is 0 Å². The highest BCUT2D eigenvalue weighted by atomic mass is 32.2. The summed E-state index contributed by atoms with van der Waals surface area (Å²) in [5.41, 5.74) is 1.17. The summed E-state index contributed by atoms with van der Waals surface area (Å²) >= 11 is 0.255. The molecule has 1 aliphatic rings. The Balaban J connectivity index is 2.06. The summed E-state index contributed by atoms with van der Waals surface area (Å²) in [5.74, 6) is 0.503. The van der Waals surface area contributed by atoms with E-state index in [1.165, 1.54) is 5.56 Å². The molecule has 1 aromatic rings. The molecule has 1 aliphatic heterocycles. The van der Waals surface area contributed by atoms with Gasteiger partial charge in [0.15, 0.2) is 0 Å². The quantitative estimate of drug-likeness (QED) is 0.838. The minimum Gasteiger partial charge on any atom is -0.355 e. The average Bonchev–Trinajstić information content (AvgIpc) is 2.30. The topological polar surface area (TPSA) is 29.1 Å². The van der Waals surface area contributed by atoms with Gasteiger partial charge in [0.25, 0.3) is 0 Å². The fourth-order valence-electron chi connectivity index (χ4n) is 1.81. The fourth-order valence-corrected chi connectivity index (χ4v) is 2.05. The summed E-state index contributed by atoms with van der Waals surface area (Å²) in [5, 5.41) is 2.84. The highest BCUT2D eigenvalue weighted by Crippen LogP contribution is 2.26. The summed E-state index contributed by atoms with van der Waals surface area (Å²) < 4.78 is 12.2. The third kappa shape index (κ3) is 2.50. The molecular weight excluding hydrogens is 213 g/mol. The normalized spacial score (nSPS) is 21.1. The molecular formula is C11H12FNOS. The summed E-state index contributed by atoms with van der Waals surface area (Å²) in [7, 11) is 0. The molecule has 0 unspecified atom stereocenters. The summed E-state index contributed by atoms with van der Waals surface area (Å²) in [6.45, 7) is 0.695. The van der Waals surface area contributed by atoms with Gasteiger partial charge in [-0.2, -0.15) is 3.89 Å². The van der Waals surface area contributed by atoms with Crippen LogP contribution in [0.5, 0.6) is 0 Å². The van der Waals surface area contributed by atoms with Crippen LogP contribution in [0.15, 0.2) is 29.2 Å². The zero-order valence-electron chi connectivity index (χ0n) is 8.20. The third-order valence-electron chi connectivity index (χ3n) is 2.71. The number of amides is 1. The molecule has 1 N–H and O–H groups in total. The van der Waals surface area contributed by atoms with Gasteiger partial charge in [-0.1, -0.05) is 12.1 Å². The molecule has 0 saturated carbocycles. The molecule has 80 valence electrons. The Morgan fingerprint density at radius 1 is 1.33 bits per heavy atom. The Morgan fingerprint density at radius 2 is 2.07 bits per heavy atom. The van der Waals surface area contributed by atoms with E-state index in [1.807, 2.05) is 12.1 Å². The van der Waals surface area contributed by atoms with Crippen LogP contribution in [-0.4, -0.2) is 12.5 Å². The number of nitrogens with one attached hydrogen (secondary N) is 1. The highest BCUT2D eigenvalue weighted by molar-refractivity contribution is 7.94. The first-order valence-corrected chi connectivity index (χ1v) is 5.66. The van der Waals surface area contributed by atoms with Gasteiger partial charge in [-0.3, -0.25) is 4.79 Å². The Bertz CT molecular complexity index is 342. The number of hydrogen-bond acceptors (Lipinski definition) is 2. The highest BCUT2D eigenvalue weighted by Gasteiger charge is 2.19. The second-order valence-electron chi connectivity index (χ2n) is 3.69. The number of carbonyl (C=O) groups is 1. The summed E-state index contributed by atoms with van der Waals surface area (Å²) in [6.07, 6.45) is 1.47. The van der Waals surface area contributed by atoms with Gasteiger partial charge >= 0.3 is 0 Å². The van der Waals surface area contributed by atoms with Crippen LogP contribution in [0.4, 0.5) is 3.89 Å². The molecule has 0 radical (unpaired) electrons. The van der Waals surface area contributed by atoms with Crippen molar-refractivity contribution in [1.82, 2.24) is 5.32 Å². The van der Waals surface area contributed by atoms with Crippen molar-refractivity contribution in [2.45, 2.75) is 23.7 Å². The lowest BCUT2D eigenvalue weighted by Crippen LogP contribution is -2.33. The Labute approximate surface area is 92.5 Å². The molecule has 0 aliphatic carbocycles. The zero-order chi connectivity index (χ0) is 10.7. The van der Waals surface area contributed by atoms with E-state index in [9.17, 15) is 8.68 Å². The first-order chi connectivity index (χ1) is 7.29. The fraction of sp³-hybridized carbons (Fsp3) is 0.364. The van der Waals surface area contributed by atoms with Gasteiger partial charge in [0.2, 0.25) is 5.91 Å². The van der Waals surface area contributed by atoms with Crippen molar-refractivity contribution in [3.8, 4) is 0 Å². The molecule has 1 aromatic carbocycles. The van der Waals surface area contributed by atoms with E-state index in [-0.39, 0.29) is 18.1 Å². The van der Waals surface area contributed by atoms with Gasteiger partial charge < -0.3 is 5.32 Å². The maximum atomic E-state index is 12.2. The lowest BCUT2D eigenvalue weighted by molar-refractivity contribution is -0.122. The van der Waals surface area contributed by atoms with E-state index in [4.69, 9.17) is 0 Å². The van der Waals surface area contributed by atoms with E-state index in [1.54, 1.807) is 12.1 Å². The van der Waals surface area contributed by atoms with Gasteiger partial charge in [-0.05, 0) is 24.1 Å². The van der Waals surface area contributed by atoms with Crippen LogP contribution in [0.2, 0.25) is 0 Å². The van der Waals surface area contributed by atoms with Gasteiger partial charge in [0.1, 0.15) is 0 Å². The van der Waals surface area contributed by atoms with Crippen molar-refractivity contribution in [3.63, 3.8) is 0 Å². The van der Waals surface area contributed by atoms with Crippen LogP contribution in [0.3, 0.4) is 0 Å². The van der Waals surface area contributed by atoms with Crippen LogP contribution >= 0.6 is 12.1 Å². The van der Waals surface area contributed by atoms with Crippen molar-refractivity contribution < 1.29 is 8.68 Å². The maximum Gasteiger partial charge on any atom is 0.220 e. The molecule has 2 rings (SSSR count). The third-order valence-corrected chi connectivity index (χ3v) is 3.16. The van der Waals surface area contributed by atoms with Crippen molar-refractivity contribution in [1.29, 1.82) is 0 Å². The van der Waals surface area contributed by atoms with E-state index in [0.29, 0.717) is 23.8 Å². The van der Waals surface area contributed by atoms with Crippen molar-refractivity contribution in [2.24, 2.45) is 0 Å². The molecule has 1 heterocycles. The number of rotatable bonds is 2. The number of benzene rings is 1. The summed E-state index contributed by atoms with van der Waals surface area (Å²) in [6, 6.07) is 7.42. The Morgan fingerprint density at radius 3 is 2.60 bits per heavy atom. The van der Waals surface area contributed by atoms with Crippen molar-refractivity contribution >= 4 is 18.1 Å². The lowest BCUT2D eigenvalue weighted by Gasteiger charge is -2.22. The molecule has 2 nitrogen and oxygen atoms in total. The second kappa shape index (κ2) is 4.66.